The molecule has 1 fully saturated rings. The molecule has 1 saturated heterocycles. The van der Waals surface area contributed by atoms with Crippen LogP contribution in [0.4, 0.5) is 13.2 Å². The van der Waals surface area contributed by atoms with Crippen LogP contribution in [0.15, 0.2) is 5.51 Å². The van der Waals surface area contributed by atoms with Crippen molar-refractivity contribution in [2.24, 2.45) is 5.92 Å². The Morgan fingerprint density at radius 2 is 2.30 bits per heavy atom. The third-order valence-electron chi connectivity index (χ3n) is 3.66. The highest BCUT2D eigenvalue weighted by atomic mass is 32.1. The first-order chi connectivity index (χ1) is 9.35. The van der Waals surface area contributed by atoms with Crippen LogP contribution in [0, 0.1) is 12.8 Å². The van der Waals surface area contributed by atoms with Gasteiger partial charge in [0.2, 0.25) is 0 Å². The molecule has 0 amide bonds. The van der Waals surface area contributed by atoms with E-state index in [0.717, 1.165) is 18.7 Å². The van der Waals surface area contributed by atoms with Crippen LogP contribution in [-0.2, 0) is 0 Å². The van der Waals surface area contributed by atoms with Gasteiger partial charge in [0, 0.05) is 17.5 Å². The summed E-state index contributed by atoms with van der Waals surface area (Å²) in [5.74, 6) is 0.299. The zero-order valence-electron chi connectivity index (χ0n) is 11.7. The Balaban J connectivity index is 1.75. The summed E-state index contributed by atoms with van der Waals surface area (Å²) in [5, 5.41) is 3.41. The SMILES string of the molecule is Cc1ncsc1C(C)NCC1CCN(CC(F)(F)F)C1. The molecule has 114 valence electrons. The molecule has 0 radical (unpaired) electrons. The highest BCUT2D eigenvalue weighted by molar-refractivity contribution is 7.09. The molecule has 0 aromatic carbocycles. The number of alkyl halides is 3. The van der Waals surface area contributed by atoms with Crippen LogP contribution in [-0.4, -0.2) is 42.2 Å². The Hall–Kier alpha value is -0.660. The fourth-order valence-electron chi connectivity index (χ4n) is 2.64. The Labute approximate surface area is 121 Å². The van der Waals surface area contributed by atoms with E-state index in [1.807, 2.05) is 12.4 Å². The predicted octanol–water partition coefficient (Wildman–Crippen LogP) is 2.99. The first kappa shape index (κ1) is 15.7. The van der Waals surface area contributed by atoms with E-state index in [1.54, 1.807) is 11.3 Å². The molecule has 1 aromatic heterocycles. The van der Waals surface area contributed by atoms with Crippen molar-refractivity contribution < 1.29 is 13.2 Å². The minimum atomic E-state index is -4.09. The summed E-state index contributed by atoms with van der Waals surface area (Å²) >= 11 is 1.62. The lowest BCUT2D eigenvalue weighted by Crippen LogP contribution is -2.34. The van der Waals surface area contributed by atoms with Crippen LogP contribution in [0.3, 0.4) is 0 Å². The average molecular weight is 307 g/mol. The van der Waals surface area contributed by atoms with Crippen LogP contribution >= 0.6 is 11.3 Å². The highest BCUT2D eigenvalue weighted by Gasteiger charge is 2.34. The quantitative estimate of drug-likeness (QED) is 0.906. The largest absolute Gasteiger partial charge is 0.401 e. The van der Waals surface area contributed by atoms with Crippen molar-refractivity contribution in [3.8, 4) is 0 Å². The van der Waals surface area contributed by atoms with E-state index >= 15 is 0 Å². The van der Waals surface area contributed by atoms with E-state index in [4.69, 9.17) is 0 Å². The first-order valence-electron chi connectivity index (χ1n) is 6.77. The monoisotopic (exact) mass is 307 g/mol. The van der Waals surface area contributed by atoms with Crippen molar-refractivity contribution in [3.63, 3.8) is 0 Å². The predicted molar refractivity (Wildman–Crippen MR) is 73.9 cm³/mol. The molecule has 2 unspecified atom stereocenters. The van der Waals surface area contributed by atoms with Gasteiger partial charge in [0.05, 0.1) is 17.7 Å². The van der Waals surface area contributed by atoms with Crippen LogP contribution in [0.1, 0.15) is 30.0 Å². The first-order valence-corrected chi connectivity index (χ1v) is 7.65. The van der Waals surface area contributed by atoms with Crippen LogP contribution in [0.5, 0.6) is 0 Å². The molecule has 1 N–H and O–H groups in total. The number of aryl methyl sites for hydroxylation is 1. The van der Waals surface area contributed by atoms with Gasteiger partial charge in [-0.3, -0.25) is 4.90 Å². The fourth-order valence-corrected chi connectivity index (χ4v) is 3.47. The number of aromatic nitrogens is 1. The number of nitrogens with zero attached hydrogens (tertiary/aromatic N) is 2. The summed E-state index contributed by atoms with van der Waals surface area (Å²) < 4.78 is 36.9. The van der Waals surface area contributed by atoms with Gasteiger partial charge in [-0.15, -0.1) is 11.3 Å². The molecule has 7 heteroatoms. The van der Waals surface area contributed by atoms with Crippen LogP contribution in [0.2, 0.25) is 0 Å². The van der Waals surface area contributed by atoms with Gasteiger partial charge >= 0.3 is 6.18 Å². The zero-order chi connectivity index (χ0) is 14.8. The molecule has 20 heavy (non-hydrogen) atoms. The lowest BCUT2D eigenvalue weighted by Gasteiger charge is -2.19. The van der Waals surface area contributed by atoms with Crippen molar-refractivity contribution in [2.45, 2.75) is 32.5 Å². The molecule has 0 spiro atoms. The van der Waals surface area contributed by atoms with E-state index in [1.165, 1.54) is 9.78 Å². The van der Waals surface area contributed by atoms with Gasteiger partial charge in [-0.05, 0) is 39.3 Å². The Morgan fingerprint density at radius 1 is 1.55 bits per heavy atom. The van der Waals surface area contributed by atoms with Gasteiger partial charge in [0.1, 0.15) is 0 Å². The van der Waals surface area contributed by atoms with Gasteiger partial charge < -0.3 is 5.32 Å². The van der Waals surface area contributed by atoms with Gasteiger partial charge in [0.15, 0.2) is 0 Å². The molecule has 0 bridgehead atoms. The average Bonchev–Trinajstić information content (AvgIpc) is 2.93. The maximum absolute atomic E-state index is 12.3. The zero-order valence-corrected chi connectivity index (χ0v) is 12.5. The second-order valence-electron chi connectivity index (χ2n) is 5.44. The number of hydrogen-bond acceptors (Lipinski definition) is 4. The van der Waals surface area contributed by atoms with Gasteiger partial charge in [-0.25, -0.2) is 4.98 Å². The minimum absolute atomic E-state index is 0.208. The number of hydrogen-bond donors (Lipinski definition) is 1. The number of likely N-dealkylation sites (tertiary alicyclic amines) is 1. The van der Waals surface area contributed by atoms with Gasteiger partial charge in [-0.1, -0.05) is 0 Å². The molecular weight excluding hydrogens is 287 g/mol. The summed E-state index contributed by atoms with van der Waals surface area (Å²) in [6.07, 6.45) is -3.26. The van der Waals surface area contributed by atoms with E-state index in [0.29, 0.717) is 19.0 Å². The van der Waals surface area contributed by atoms with Crippen LogP contribution < -0.4 is 5.32 Å². The molecular formula is C13H20F3N3S. The Morgan fingerprint density at radius 3 is 2.90 bits per heavy atom. The van der Waals surface area contributed by atoms with Gasteiger partial charge in [0.25, 0.3) is 0 Å². The summed E-state index contributed by atoms with van der Waals surface area (Å²) in [6.45, 7) is 5.09. The maximum atomic E-state index is 12.3. The summed E-state index contributed by atoms with van der Waals surface area (Å²) in [6, 6.07) is 0.208. The molecule has 3 nitrogen and oxygen atoms in total. The van der Waals surface area contributed by atoms with E-state index in [2.05, 4.69) is 17.2 Å². The van der Waals surface area contributed by atoms with Crippen molar-refractivity contribution in [2.75, 3.05) is 26.2 Å². The smallest absolute Gasteiger partial charge is 0.309 e. The summed E-state index contributed by atoms with van der Waals surface area (Å²) in [5.41, 5.74) is 2.85. The molecule has 2 heterocycles. The standard InChI is InChI=1S/C13H20F3N3S/c1-9(12-10(2)18-8-20-12)17-5-11-3-4-19(6-11)7-13(14,15)16/h8-9,11,17H,3-7H2,1-2H3. The summed E-state index contributed by atoms with van der Waals surface area (Å²) in [7, 11) is 0. The minimum Gasteiger partial charge on any atom is -0.309 e. The number of nitrogens with one attached hydrogen (secondary N) is 1. The van der Waals surface area contributed by atoms with Crippen molar-refractivity contribution in [1.82, 2.24) is 15.2 Å². The highest BCUT2D eigenvalue weighted by Crippen LogP contribution is 2.24. The Kier molecular flexibility index (Phi) is 5.04. The number of thiazole rings is 1. The van der Waals surface area contributed by atoms with Crippen LogP contribution in [0.25, 0.3) is 0 Å². The van der Waals surface area contributed by atoms with Gasteiger partial charge in [-0.2, -0.15) is 13.2 Å². The second-order valence-corrected chi connectivity index (χ2v) is 6.32. The molecule has 2 rings (SSSR count). The molecule has 0 saturated carbocycles. The lowest BCUT2D eigenvalue weighted by molar-refractivity contribution is -0.143. The van der Waals surface area contributed by atoms with E-state index in [9.17, 15) is 13.2 Å². The van der Waals surface area contributed by atoms with Crippen molar-refractivity contribution in [1.29, 1.82) is 0 Å². The molecule has 1 aliphatic heterocycles. The number of halogens is 3. The molecule has 0 aliphatic carbocycles. The van der Waals surface area contributed by atoms with Crippen molar-refractivity contribution in [3.05, 3.63) is 16.1 Å². The molecule has 2 atom stereocenters. The fraction of sp³-hybridized carbons (Fsp3) is 0.769. The third-order valence-corrected chi connectivity index (χ3v) is 4.78. The lowest BCUT2D eigenvalue weighted by atomic mass is 10.1. The summed E-state index contributed by atoms with van der Waals surface area (Å²) in [4.78, 5) is 6.91. The maximum Gasteiger partial charge on any atom is 0.401 e. The van der Waals surface area contributed by atoms with Crippen molar-refractivity contribution >= 4 is 11.3 Å². The molecule has 1 aromatic rings. The third kappa shape index (κ3) is 4.43. The number of rotatable bonds is 5. The second kappa shape index (κ2) is 6.41. The molecule has 1 aliphatic rings. The van der Waals surface area contributed by atoms with E-state index in [-0.39, 0.29) is 6.04 Å². The normalized spacial score (nSPS) is 22.4. The van der Waals surface area contributed by atoms with E-state index < -0.39 is 12.7 Å². The Bertz CT molecular complexity index is 433. The topological polar surface area (TPSA) is 28.2 Å².